The fourth-order valence-electron chi connectivity index (χ4n) is 3.36. The van der Waals surface area contributed by atoms with Crippen LogP contribution in [0.4, 0.5) is 4.79 Å². The van der Waals surface area contributed by atoms with E-state index in [1.54, 1.807) is 18.1 Å². The molecule has 1 N–H and O–H groups in total. The Morgan fingerprint density at radius 2 is 1.85 bits per heavy atom. The molecule has 5 nitrogen and oxygen atoms in total. The third kappa shape index (κ3) is 6.07. The number of nitrogens with zero attached hydrogens (tertiary/aromatic N) is 3. The first-order chi connectivity index (χ1) is 13.1. The summed E-state index contributed by atoms with van der Waals surface area (Å²) in [5.41, 5.74) is 3.34. The molecule has 0 spiro atoms. The summed E-state index contributed by atoms with van der Waals surface area (Å²) >= 11 is 0. The van der Waals surface area contributed by atoms with Crippen LogP contribution in [-0.2, 0) is 19.6 Å². The number of hydrogen-bond acceptors (Lipinski definition) is 3. The summed E-state index contributed by atoms with van der Waals surface area (Å²) in [5.74, 6) is 0.864. The Balaban J connectivity index is 1.43. The SMILES string of the molecule is CC1CCN(Cc2ccc(CNC(=O)N(C)Cc3ccccn3)cc2)CC1. The maximum Gasteiger partial charge on any atom is 0.317 e. The van der Waals surface area contributed by atoms with Crippen LogP contribution in [0, 0.1) is 5.92 Å². The van der Waals surface area contributed by atoms with Gasteiger partial charge in [-0.25, -0.2) is 4.79 Å². The van der Waals surface area contributed by atoms with Crippen LogP contribution in [0.15, 0.2) is 48.7 Å². The third-order valence-corrected chi connectivity index (χ3v) is 5.22. The van der Waals surface area contributed by atoms with Crippen LogP contribution in [0.3, 0.4) is 0 Å². The summed E-state index contributed by atoms with van der Waals surface area (Å²) in [5, 5.41) is 2.97. The number of pyridine rings is 1. The van der Waals surface area contributed by atoms with Crippen LogP contribution in [0.25, 0.3) is 0 Å². The van der Waals surface area contributed by atoms with E-state index in [-0.39, 0.29) is 6.03 Å². The van der Waals surface area contributed by atoms with E-state index < -0.39 is 0 Å². The van der Waals surface area contributed by atoms with Gasteiger partial charge in [-0.15, -0.1) is 0 Å². The lowest BCUT2D eigenvalue weighted by Crippen LogP contribution is -2.36. The molecule has 2 aromatic rings. The van der Waals surface area contributed by atoms with Crippen molar-refractivity contribution in [3.63, 3.8) is 0 Å². The van der Waals surface area contributed by atoms with Gasteiger partial charge in [-0.1, -0.05) is 37.3 Å². The number of nitrogens with one attached hydrogen (secondary N) is 1. The number of amides is 2. The highest BCUT2D eigenvalue weighted by Crippen LogP contribution is 2.18. The van der Waals surface area contributed by atoms with Crippen molar-refractivity contribution in [3.05, 3.63) is 65.5 Å². The molecule has 0 saturated carbocycles. The minimum Gasteiger partial charge on any atom is -0.334 e. The van der Waals surface area contributed by atoms with Gasteiger partial charge in [0.2, 0.25) is 0 Å². The summed E-state index contributed by atoms with van der Waals surface area (Å²) < 4.78 is 0. The molecule has 1 saturated heterocycles. The van der Waals surface area contributed by atoms with Gasteiger partial charge in [0, 0.05) is 26.3 Å². The second-order valence-electron chi connectivity index (χ2n) is 7.61. The van der Waals surface area contributed by atoms with Crippen LogP contribution in [0.1, 0.15) is 36.6 Å². The van der Waals surface area contributed by atoms with Gasteiger partial charge in [0.15, 0.2) is 0 Å². The second kappa shape index (κ2) is 9.51. The lowest BCUT2D eigenvalue weighted by molar-refractivity contribution is 0.185. The summed E-state index contributed by atoms with van der Waals surface area (Å²) in [6.45, 7) is 6.79. The molecule has 0 atom stereocenters. The van der Waals surface area contributed by atoms with Crippen molar-refractivity contribution in [1.82, 2.24) is 20.1 Å². The molecule has 5 heteroatoms. The Bertz CT molecular complexity index is 709. The first-order valence-electron chi connectivity index (χ1n) is 9.79. The topological polar surface area (TPSA) is 48.5 Å². The Labute approximate surface area is 162 Å². The highest BCUT2D eigenvalue weighted by molar-refractivity contribution is 5.73. The zero-order valence-corrected chi connectivity index (χ0v) is 16.4. The fraction of sp³-hybridized carbons (Fsp3) is 0.455. The molecule has 27 heavy (non-hydrogen) atoms. The summed E-state index contributed by atoms with van der Waals surface area (Å²) in [4.78, 5) is 20.7. The highest BCUT2D eigenvalue weighted by atomic mass is 16.2. The highest BCUT2D eigenvalue weighted by Gasteiger charge is 2.15. The van der Waals surface area contributed by atoms with E-state index in [4.69, 9.17) is 0 Å². The largest absolute Gasteiger partial charge is 0.334 e. The summed E-state index contributed by atoms with van der Waals surface area (Å²) in [7, 11) is 1.78. The predicted octanol–water partition coefficient (Wildman–Crippen LogP) is 3.66. The molecule has 1 aromatic heterocycles. The third-order valence-electron chi connectivity index (χ3n) is 5.22. The molecule has 0 aliphatic carbocycles. The molecule has 3 rings (SSSR count). The Morgan fingerprint density at radius 1 is 1.15 bits per heavy atom. The number of piperidine rings is 1. The van der Waals surface area contributed by atoms with Crippen LogP contribution in [0.5, 0.6) is 0 Å². The number of benzene rings is 1. The zero-order chi connectivity index (χ0) is 19.1. The smallest absolute Gasteiger partial charge is 0.317 e. The van der Waals surface area contributed by atoms with Crippen molar-refractivity contribution < 1.29 is 4.79 Å². The van der Waals surface area contributed by atoms with Crippen molar-refractivity contribution in [1.29, 1.82) is 0 Å². The molecule has 2 heterocycles. The molecule has 1 aromatic carbocycles. The molecule has 0 radical (unpaired) electrons. The molecular weight excluding hydrogens is 336 g/mol. The number of urea groups is 1. The summed E-state index contributed by atoms with van der Waals surface area (Å²) in [6.07, 6.45) is 4.35. The van der Waals surface area contributed by atoms with Crippen molar-refractivity contribution in [3.8, 4) is 0 Å². The lowest BCUT2D eigenvalue weighted by Gasteiger charge is -2.30. The maximum absolute atomic E-state index is 12.3. The number of carbonyl (C=O) groups is 1. The van der Waals surface area contributed by atoms with Crippen LogP contribution in [0.2, 0.25) is 0 Å². The van der Waals surface area contributed by atoms with Crippen LogP contribution >= 0.6 is 0 Å². The first-order valence-corrected chi connectivity index (χ1v) is 9.79. The zero-order valence-electron chi connectivity index (χ0n) is 16.4. The van der Waals surface area contributed by atoms with Gasteiger partial charge in [-0.3, -0.25) is 9.88 Å². The molecule has 2 amide bonds. The lowest BCUT2D eigenvalue weighted by atomic mass is 9.99. The Kier molecular flexibility index (Phi) is 6.82. The van der Waals surface area contributed by atoms with Gasteiger partial charge < -0.3 is 10.2 Å². The van der Waals surface area contributed by atoms with Crippen molar-refractivity contribution in [2.45, 2.75) is 39.4 Å². The Hall–Kier alpha value is -2.40. The summed E-state index contributed by atoms with van der Waals surface area (Å²) in [6, 6.07) is 14.2. The van der Waals surface area contributed by atoms with E-state index in [0.29, 0.717) is 13.1 Å². The maximum atomic E-state index is 12.3. The number of carbonyl (C=O) groups excluding carboxylic acids is 1. The average molecular weight is 367 g/mol. The minimum atomic E-state index is -0.0906. The normalized spacial score (nSPS) is 15.5. The first kappa shape index (κ1) is 19.4. The molecule has 1 fully saturated rings. The van der Waals surface area contributed by atoms with E-state index in [9.17, 15) is 4.79 Å². The molecular formula is C22H30N4O. The van der Waals surface area contributed by atoms with Crippen LogP contribution in [-0.4, -0.2) is 41.0 Å². The van der Waals surface area contributed by atoms with Gasteiger partial charge >= 0.3 is 6.03 Å². The molecule has 0 bridgehead atoms. The predicted molar refractivity (Wildman–Crippen MR) is 108 cm³/mol. The molecule has 0 unspecified atom stereocenters. The van der Waals surface area contributed by atoms with E-state index in [1.165, 1.54) is 31.5 Å². The number of likely N-dealkylation sites (tertiary alicyclic amines) is 1. The van der Waals surface area contributed by atoms with Gasteiger partial charge in [0.1, 0.15) is 0 Å². The van der Waals surface area contributed by atoms with Gasteiger partial charge in [0.25, 0.3) is 0 Å². The fourth-order valence-corrected chi connectivity index (χ4v) is 3.36. The van der Waals surface area contributed by atoms with Gasteiger partial charge in [-0.2, -0.15) is 0 Å². The number of rotatable bonds is 6. The second-order valence-corrected chi connectivity index (χ2v) is 7.61. The van der Waals surface area contributed by atoms with Crippen molar-refractivity contribution in [2.75, 3.05) is 20.1 Å². The van der Waals surface area contributed by atoms with Crippen molar-refractivity contribution >= 4 is 6.03 Å². The van der Waals surface area contributed by atoms with Crippen molar-refractivity contribution in [2.24, 2.45) is 5.92 Å². The molecule has 144 valence electrons. The van der Waals surface area contributed by atoms with Gasteiger partial charge in [-0.05, 0) is 55.1 Å². The minimum absolute atomic E-state index is 0.0906. The van der Waals surface area contributed by atoms with E-state index in [0.717, 1.165) is 23.7 Å². The van der Waals surface area contributed by atoms with Gasteiger partial charge in [0.05, 0.1) is 12.2 Å². The number of aromatic nitrogens is 1. The van der Waals surface area contributed by atoms with E-state index >= 15 is 0 Å². The quantitative estimate of drug-likeness (QED) is 0.849. The van der Waals surface area contributed by atoms with E-state index in [2.05, 4.69) is 46.4 Å². The standard InChI is InChI=1S/C22H30N4O/c1-18-10-13-26(14-11-18)16-20-8-6-19(7-9-20)15-24-22(27)25(2)17-21-5-3-4-12-23-21/h3-9,12,18H,10-11,13-17H2,1-2H3,(H,24,27). The Morgan fingerprint density at radius 3 is 2.52 bits per heavy atom. The van der Waals surface area contributed by atoms with Crippen LogP contribution < -0.4 is 5.32 Å². The molecule has 1 aliphatic rings. The average Bonchev–Trinajstić information content (AvgIpc) is 2.69. The number of hydrogen-bond donors (Lipinski definition) is 1. The molecule has 1 aliphatic heterocycles. The van der Waals surface area contributed by atoms with E-state index in [1.807, 2.05) is 18.2 Å². The monoisotopic (exact) mass is 366 g/mol.